The Hall–Kier alpha value is -1.50. The zero-order chi connectivity index (χ0) is 18.8. The standard InChI is InChI=1S/C25H37N/c1-7-10-11-17(4)12-13-20(8-2)19(6)26-15-24-18(5)22-14-23(22)21(9-3)25(24)16-26/h8-9,12-13,18,21-25H,2-3,6-7,10-11,14-16H2,1,4-5H3/b17-12-,20-13+. The third-order valence-corrected chi connectivity index (χ3v) is 7.32. The Morgan fingerprint density at radius 2 is 1.81 bits per heavy atom. The minimum Gasteiger partial charge on any atom is -0.371 e. The normalized spacial score (nSPS) is 36.3. The monoisotopic (exact) mass is 351 g/mol. The van der Waals surface area contributed by atoms with Gasteiger partial charge in [0.15, 0.2) is 0 Å². The van der Waals surface area contributed by atoms with E-state index in [9.17, 15) is 0 Å². The lowest BCUT2D eigenvalue weighted by molar-refractivity contribution is 0.158. The van der Waals surface area contributed by atoms with Gasteiger partial charge in [-0.2, -0.15) is 0 Å². The number of hydrogen-bond acceptors (Lipinski definition) is 1. The van der Waals surface area contributed by atoms with Gasteiger partial charge in [0.1, 0.15) is 0 Å². The first kappa shape index (κ1) is 19.3. The number of nitrogens with zero attached hydrogens (tertiary/aromatic N) is 1. The summed E-state index contributed by atoms with van der Waals surface area (Å²) in [6.07, 6.45) is 13.8. The number of likely N-dealkylation sites (tertiary alicyclic amines) is 1. The minimum absolute atomic E-state index is 0.714. The predicted octanol–water partition coefficient (Wildman–Crippen LogP) is 6.39. The van der Waals surface area contributed by atoms with Crippen molar-refractivity contribution in [3.8, 4) is 0 Å². The number of allylic oxidation sites excluding steroid dienone is 5. The van der Waals surface area contributed by atoms with Gasteiger partial charge in [0, 0.05) is 18.8 Å². The van der Waals surface area contributed by atoms with Gasteiger partial charge in [-0.15, -0.1) is 6.58 Å². The SMILES string of the molecule is C=C/C(=C\C=C(\C)CCCC)C(=C)N1CC2C(C)C3CC3C(C=C)C2C1. The summed E-state index contributed by atoms with van der Waals surface area (Å²) in [6, 6.07) is 0. The molecule has 3 rings (SSSR count). The molecule has 0 aromatic heterocycles. The average Bonchev–Trinajstić information content (AvgIpc) is 3.31. The molecule has 3 fully saturated rings. The van der Waals surface area contributed by atoms with Crippen LogP contribution in [0.1, 0.15) is 46.5 Å². The van der Waals surface area contributed by atoms with Crippen LogP contribution >= 0.6 is 0 Å². The fourth-order valence-corrected chi connectivity index (χ4v) is 5.54. The highest BCUT2D eigenvalue weighted by molar-refractivity contribution is 5.40. The molecule has 1 heteroatoms. The Morgan fingerprint density at radius 3 is 2.46 bits per heavy atom. The van der Waals surface area contributed by atoms with Crippen LogP contribution in [-0.2, 0) is 0 Å². The fourth-order valence-electron chi connectivity index (χ4n) is 5.54. The van der Waals surface area contributed by atoms with Crippen molar-refractivity contribution < 1.29 is 0 Å². The van der Waals surface area contributed by atoms with E-state index >= 15 is 0 Å². The lowest BCUT2D eigenvalue weighted by atomic mass is 9.69. The van der Waals surface area contributed by atoms with Crippen LogP contribution in [0.3, 0.4) is 0 Å². The zero-order valence-electron chi connectivity index (χ0n) is 17.1. The number of rotatable bonds is 8. The van der Waals surface area contributed by atoms with Gasteiger partial charge in [-0.25, -0.2) is 0 Å². The summed E-state index contributed by atoms with van der Waals surface area (Å²) in [7, 11) is 0. The van der Waals surface area contributed by atoms with E-state index in [1.165, 1.54) is 36.8 Å². The van der Waals surface area contributed by atoms with Crippen molar-refractivity contribution in [1.82, 2.24) is 4.90 Å². The van der Waals surface area contributed by atoms with Crippen molar-refractivity contribution in [2.75, 3.05) is 13.1 Å². The van der Waals surface area contributed by atoms with Crippen LogP contribution in [0, 0.1) is 35.5 Å². The molecule has 1 saturated heterocycles. The van der Waals surface area contributed by atoms with Crippen molar-refractivity contribution in [2.24, 2.45) is 35.5 Å². The molecule has 0 aromatic carbocycles. The third-order valence-electron chi connectivity index (χ3n) is 7.32. The van der Waals surface area contributed by atoms with Crippen molar-refractivity contribution >= 4 is 0 Å². The van der Waals surface area contributed by atoms with E-state index < -0.39 is 0 Å². The molecule has 1 aliphatic heterocycles. The maximum absolute atomic E-state index is 4.44. The summed E-state index contributed by atoms with van der Waals surface area (Å²) in [4.78, 5) is 2.52. The van der Waals surface area contributed by atoms with Gasteiger partial charge in [0.2, 0.25) is 0 Å². The molecule has 0 aromatic rings. The van der Waals surface area contributed by atoms with Crippen LogP contribution in [0.2, 0.25) is 0 Å². The van der Waals surface area contributed by atoms with Gasteiger partial charge in [-0.1, -0.05) is 63.3 Å². The van der Waals surface area contributed by atoms with Crippen molar-refractivity contribution in [1.29, 1.82) is 0 Å². The van der Waals surface area contributed by atoms with Gasteiger partial charge in [0.25, 0.3) is 0 Å². The molecule has 2 saturated carbocycles. The molecular weight excluding hydrogens is 314 g/mol. The van der Waals surface area contributed by atoms with E-state index in [0.717, 1.165) is 48.4 Å². The molecule has 0 spiro atoms. The molecule has 2 aliphatic carbocycles. The Morgan fingerprint density at radius 1 is 1.08 bits per heavy atom. The summed E-state index contributed by atoms with van der Waals surface area (Å²) in [5.74, 6) is 4.99. The smallest absolute Gasteiger partial charge is 0.0366 e. The fraction of sp³-hybridized carbons (Fsp3) is 0.600. The highest BCUT2D eigenvalue weighted by Crippen LogP contribution is 2.61. The second-order valence-corrected chi connectivity index (χ2v) is 8.86. The number of hydrogen-bond donors (Lipinski definition) is 0. The lowest BCUT2D eigenvalue weighted by Crippen LogP contribution is -2.33. The van der Waals surface area contributed by atoms with Crippen molar-refractivity contribution in [3.63, 3.8) is 0 Å². The summed E-state index contributed by atoms with van der Waals surface area (Å²) in [5.41, 5.74) is 3.76. The topological polar surface area (TPSA) is 3.24 Å². The van der Waals surface area contributed by atoms with E-state index in [1.54, 1.807) is 0 Å². The highest BCUT2D eigenvalue weighted by atomic mass is 15.2. The minimum atomic E-state index is 0.714. The van der Waals surface area contributed by atoms with E-state index in [4.69, 9.17) is 0 Å². The van der Waals surface area contributed by atoms with E-state index in [0.29, 0.717) is 5.92 Å². The molecule has 1 heterocycles. The maximum Gasteiger partial charge on any atom is 0.0366 e. The van der Waals surface area contributed by atoms with Crippen LogP contribution in [0.15, 0.2) is 60.9 Å². The first-order chi connectivity index (χ1) is 12.5. The van der Waals surface area contributed by atoms with Crippen LogP contribution in [-0.4, -0.2) is 18.0 Å². The molecule has 6 unspecified atom stereocenters. The summed E-state index contributed by atoms with van der Waals surface area (Å²) in [5, 5.41) is 0. The second-order valence-electron chi connectivity index (χ2n) is 8.86. The molecule has 0 amide bonds. The number of fused-ring (bicyclic) bond motifs is 2. The first-order valence-electron chi connectivity index (χ1n) is 10.6. The molecule has 6 atom stereocenters. The molecular formula is C25H37N. The third kappa shape index (κ3) is 3.63. The van der Waals surface area contributed by atoms with Crippen LogP contribution < -0.4 is 0 Å². The first-order valence-corrected chi connectivity index (χ1v) is 10.6. The maximum atomic E-state index is 4.44. The van der Waals surface area contributed by atoms with Gasteiger partial charge < -0.3 is 4.90 Å². The van der Waals surface area contributed by atoms with Gasteiger partial charge >= 0.3 is 0 Å². The molecule has 0 bridgehead atoms. The summed E-state index contributed by atoms with van der Waals surface area (Å²) < 4.78 is 0. The van der Waals surface area contributed by atoms with Gasteiger partial charge in [-0.3, -0.25) is 0 Å². The zero-order valence-corrected chi connectivity index (χ0v) is 17.1. The van der Waals surface area contributed by atoms with Crippen molar-refractivity contribution in [2.45, 2.75) is 46.5 Å². The second kappa shape index (κ2) is 8.03. The van der Waals surface area contributed by atoms with E-state index in [2.05, 4.69) is 63.6 Å². The Balaban J connectivity index is 1.70. The Bertz CT molecular complexity index is 622. The molecule has 1 nitrogen and oxygen atoms in total. The number of unbranched alkanes of at least 4 members (excludes halogenated alkanes) is 1. The van der Waals surface area contributed by atoms with Gasteiger partial charge in [0.05, 0.1) is 0 Å². The molecule has 0 N–H and O–H groups in total. The average molecular weight is 352 g/mol. The van der Waals surface area contributed by atoms with Crippen LogP contribution in [0.4, 0.5) is 0 Å². The summed E-state index contributed by atoms with van der Waals surface area (Å²) in [6.45, 7) is 21.9. The van der Waals surface area contributed by atoms with Gasteiger partial charge in [-0.05, 0) is 67.3 Å². The van der Waals surface area contributed by atoms with Crippen LogP contribution in [0.5, 0.6) is 0 Å². The molecule has 26 heavy (non-hydrogen) atoms. The lowest BCUT2D eigenvalue weighted by Gasteiger charge is -2.35. The molecule has 0 radical (unpaired) electrons. The van der Waals surface area contributed by atoms with E-state index in [-0.39, 0.29) is 0 Å². The Kier molecular flexibility index (Phi) is 5.95. The molecule has 3 aliphatic rings. The largest absolute Gasteiger partial charge is 0.371 e. The highest BCUT2D eigenvalue weighted by Gasteiger charge is 2.58. The summed E-state index contributed by atoms with van der Waals surface area (Å²) >= 11 is 0. The quantitative estimate of drug-likeness (QED) is 0.362. The van der Waals surface area contributed by atoms with Crippen molar-refractivity contribution in [3.05, 3.63) is 60.9 Å². The van der Waals surface area contributed by atoms with E-state index in [1.807, 2.05) is 6.08 Å². The molecule has 142 valence electrons. The Labute approximate surface area is 161 Å². The van der Waals surface area contributed by atoms with Crippen LogP contribution in [0.25, 0.3) is 0 Å². The predicted molar refractivity (Wildman–Crippen MR) is 114 cm³/mol.